The number of pyridine rings is 1. The third kappa shape index (κ3) is 4.54. The number of halogens is 4. The van der Waals surface area contributed by atoms with Crippen molar-refractivity contribution in [2.45, 2.75) is 19.0 Å². The van der Waals surface area contributed by atoms with Gasteiger partial charge in [-0.25, -0.2) is 22.1 Å². The molecule has 2 aromatic carbocycles. The van der Waals surface area contributed by atoms with Crippen molar-refractivity contribution < 1.29 is 32.2 Å². The van der Waals surface area contributed by atoms with Crippen molar-refractivity contribution in [2.75, 3.05) is 19.4 Å². The van der Waals surface area contributed by atoms with Crippen LogP contribution in [0.5, 0.6) is 5.75 Å². The van der Waals surface area contributed by atoms with Crippen molar-refractivity contribution in [2.24, 2.45) is 0 Å². The maximum absolute atomic E-state index is 15.6. The first-order valence-electron chi connectivity index (χ1n) is 10.6. The SMILES string of the molecule is COc1c(-c2ccc(C)c(C(=O)NCC(F)(F)[C@H](O)c3ccc(F)cc3)c2F)ccn2nc(N)nc12. The van der Waals surface area contributed by atoms with Gasteiger partial charge in [-0.3, -0.25) is 4.79 Å². The molecule has 0 bridgehead atoms. The van der Waals surface area contributed by atoms with Crippen LogP contribution in [0.3, 0.4) is 0 Å². The van der Waals surface area contributed by atoms with Gasteiger partial charge in [-0.15, -0.1) is 5.10 Å². The van der Waals surface area contributed by atoms with Gasteiger partial charge in [-0.2, -0.15) is 4.98 Å². The van der Waals surface area contributed by atoms with Crippen LogP contribution in [0.15, 0.2) is 48.7 Å². The first kappa shape index (κ1) is 24.9. The molecule has 0 aliphatic rings. The third-order valence-corrected chi connectivity index (χ3v) is 5.62. The predicted octanol–water partition coefficient (Wildman–Crippen LogP) is 3.67. The number of hydrogen-bond acceptors (Lipinski definition) is 6. The van der Waals surface area contributed by atoms with E-state index in [-0.39, 0.29) is 39.6 Å². The molecule has 0 saturated carbocycles. The minimum absolute atomic E-state index is 0.0290. The van der Waals surface area contributed by atoms with Gasteiger partial charge in [-0.1, -0.05) is 24.3 Å². The van der Waals surface area contributed by atoms with Crippen molar-refractivity contribution in [3.63, 3.8) is 0 Å². The number of carbonyl (C=O) groups excluding carboxylic acids is 1. The Hall–Kier alpha value is -4.19. The molecule has 0 aliphatic carbocycles. The summed E-state index contributed by atoms with van der Waals surface area (Å²) < 4.78 is 64.6. The zero-order chi connectivity index (χ0) is 26.2. The fourth-order valence-electron chi connectivity index (χ4n) is 3.78. The number of aromatic nitrogens is 3. The minimum atomic E-state index is -3.82. The van der Waals surface area contributed by atoms with Gasteiger partial charge in [0.15, 0.2) is 11.4 Å². The summed E-state index contributed by atoms with van der Waals surface area (Å²) in [5.41, 5.74) is 5.55. The summed E-state index contributed by atoms with van der Waals surface area (Å²) in [6, 6.07) is 8.24. The van der Waals surface area contributed by atoms with Gasteiger partial charge < -0.3 is 20.9 Å². The van der Waals surface area contributed by atoms with Gasteiger partial charge in [0.2, 0.25) is 5.95 Å². The number of carbonyl (C=O) groups is 1. The molecule has 0 saturated heterocycles. The molecule has 0 radical (unpaired) electrons. The lowest BCUT2D eigenvalue weighted by atomic mass is 9.97. The number of anilines is 1. The quantitative estimate of drug-likeness (QED) is 0.332. The zero-order valence-electron chi connectivity index (χ0n) is 19.1. The summed E-state index contributed by atoms with van der Waals surface area (Å²) in [5, 5.41) is 16.0. The zero-order valence-corrected chi connectivity index (χ0v) is 19.1. The van der Waals surface area contributed by atoms with Crippen molar-refractivity contribution in [3.8, 4) is 16.9 Å². The molecule has 4 N–H and O–H groups in total. The summed E-state index contributed by atoms with van der Waals surface area (Å²) in [5.74, 6) is -6.44. The first-order valence-corrected chi connectivity index (χ1v) is 10.6. The number of hydrogen-bond donors (Lipinski definition) is 3. The summed E-state index contributed by atoms with van der Waals surface area (Å²) in [4.78, 5) is 16.9. The highest BCUT2D eigenvalue weighted by Gasteiger charge is 2.40. The van der Waals surface area contributed by atoms with Crippen molar-refractivity contribution in [1.82, 2.24) is 19.9 Å². The molecule has 36 heavy (non-hydrogen) atoms. The van der Waals surface area contributed by atoms with Crippen LogP contribution in [-0.4, -0.2) is 45.2 Å². The van der Waals surface area contributed by atoms with Gasteiger partial charge in [0, 0.05) is 17.3 Å². The first-order chi connectivity index (χ1) is 17.0. The summed E-state index contributed by atoms with van der Waals surface area (Å²) >= 11 is 0. The van der Waals surface area contributed by atoms with E-state index in [0.717, 1.165) is 24.3 Å². The van der Waals surface area contributed by atoms with Crippen LogP contribution in [-0.2, 0) is 0 Å². The van der Waals surface area contributed by atoms with Gasteiger partial charge in [-0.05, 0) is 36.2 Å². The van der Waals surface area contributed by atoms with E-state index in [0.29, 0.717) is 0 Å². The normalized spacial score (nSPS) is 12.5. The van der Waals surface area contributed by atoms with Crippen molar-refractivity contribution in [1.29, 1.82) is 0 Å². The predicted molar refractivity (Wildman–Crippen MR) is 123 cm³/mol. The Kier molecular flexibility index (Phi) is 6.55. The molecule has 1 atom stereocenters. The number of methoxy groups -OCH3 is 1. The lowest BCUT2D eigenvalue weighted by Gasteiger charge is -2.23. The number of nitrogens with zero attached hydrogens (tertiary/aromatic N) is 3. The van der Waals surface area contributed by atoms with E-state index in [4.69, 9.17) is 10.5 Å². The molecule has 2 heterocycles. The largest absolute Gasteiger partial charge is 0.492 e. The number of aliphatic hydroxyl groups excluding tert-OH is 1. The molecular formula is C24H21F4N5O3. The number of ether oxygens (including phenoxy) is 1. The second kappa shape index (κ2) is 9.46. The number of aryl methyl sites for hydroxylation is 1. The van der Waals surface area contributed by atoms with Gasteiger partial charge in [0.05, 0.1) is 19.2 Å². The van der Waals surface area contributed by atoms with Crippen LogP contribution in [0.2, 0.25) is 0 Å². The molecule has 4 aromatic rings. The number of aliphatic hydroxyl groups is 1. The number of fused-ring (bicyclic) bond motifs is 1. The smallest absolute Gasteiger partial charge is 0.294 e. The number of nitrogen functional groups attached to an aromatic ring is 1. The highest BCUT2D eigenvalue weighted by molar-refractivity contribution is 5.97. The lowest BCUT2D eigenvalue weighted by Crippen LogP contribution is -2.41. The maximum Gasteiger partial charge on any atom is 0.294 e. The summed E-state index contributed by atoms with van der Waals surface area (Å²) in [6.07, 6.45) is -0.838. The molecule has 0 unspecified atom stereocenters. The Morgan fingerprint density at radius 1 is 1.17 bits per heavy atom. The molecular weight excluding hydrogens is 482 g/mol. The van der Waals surface area contributed by atoms with Crippen LogP contribution in [0, 0.1) is 18.6 Å². The van der Waals surface area contributed by atoms with Gasteiger partial charge >= 0.3 is 0 Å². The van der Waals surface area contributed by atoms with Crippen LogP contribution >= 0.6 is 0 Å². The number of amides is 1. The third-order valence-electron chi connectivity index (χ3n) is 5.62. The molecule has 0 fully saturated rings. The van der Waals surface area contributed by atoms with E-state index in [1.54, 1.807) is 0 Å². The molecule has 0 aliphatic heterocycles. The number of nitrogens with one attached hydrogen (secondary N) is 1. The second-order valence-corrected chi connectivity index (χ2v) is 8.02. The van der Waals surface area contributed by atoms with E-state index in [1.165, 1.54) is 42.9 Å². The highest BCUT2D eigenvalue weighted by Crippen LogP contribution is 2.36. The van der Waals surface area contributed by atoms with Crippen molar-refractivity contribution >= 4 is 17.5 Å². The number of benzene rings is 2. The molecule has 12 heteroatoms. The number of alkyl halides is 2. The van der Waals surface area contributed by atoms with Crippen molar-refractivity contribution in [3.05, 3.63) is 77.0 Å². The topological polar surface area (TPSA) is 115 Å². The Bertz CT molecular complexity index is 1440. The van der Waals surface area contributed by atoms with Crippen LogP contribution in [0.4, 0.5) is 23.5 Å². The Labute approximate surface area is 202 Å². The van der Waals surface area contributed by atoms with Crippen LogP contribution in [0.25, 0.3) is 16.8 Å². The van der Waals surface area contributed by atoms with E-state index in [9.17, 15) is 23.1 Å². The monoisotopic (exact) mass is 503 g/mol. The highest BCUT2D eigenvalue weighted by atomic mass is 19.3. The Balaban J connectivity index is 1.63. The molecule has 188 valence electrons. The van der Waals surface area contributed by atoms with E-state index >= 15 is 4.39 Å². The summed E-state index contributed by atoms with van der Waals surface area (Å²) in [6.45, 7) is 0.161. The Morgan fingerprint density at radius 3 is 2.53 bits per heavy atom. The average Bonchev–Trinajstić information content (AvgIpc) is 3.22. The maximum atomic E-state index is 15.6. The van der Waals surface area contributed by atoms with E-state index in [2.05, 4.69) is 10.1 Å². The fraction of sp³-hybridized carbons (Fsp3) is 0.208. The fourth-order valence-corrected chi connectivity index (χ4v) is 3.78. The van der Waals surface area contributed by atoms with Gasteiger partial charge in [0.25, 0.3) is 11.8 Å². The molecule has 4 rings (SSSR count). The molecule has 1 amide bonds. The molecule has 0 spiro atoms. The number of nitrogens with two attached hydrogens (primary N) is 1. The minimum Gasteiger partial charge on any atom is -0.492 e. The van der Waals surface area contributed by atoms with Crippen LogP contribution in [0.1, 0.15) is 27.6 Å². The molecule has 8 nitrogen and oxygen atoms in total. The van der Waals surface area contributed by atoms with Gasteiger partial charge in [0.1, 0.15) is 17.7 Å². The van der Waals surface area contributed by atoms with E-state index in [1.807, 2.05) is 5.32 Å². The summed E-state index contributed by atoms with van der Waals surface area (Å²) in [7, 11) is 1.35. The number of rotatable bonds is 7. The standard InChI is InChI=1S/C24H21F4N5O3/c1-12-3-8-15(16-9-10-33-21(19(16)36-2)31-23(29)32-33)18(26)17(12)22(35)30-11-24(27,28)20(34)13-4-6-14(25)7-5-13/h3-10,20,34H,11H2,1-2H3,(H2,29,32)(H,30,35)/t20-/m1/s1. The lowest BCUT2D eigenvalue weighted by molar-refractivity contribution is -0.106. The average molecular weight is 503 g/mol. The van der Waals surface area contributed by atoms with Crippen LogP contribution < -0.4 is 15.8 Å². The second-order valence-electron chi connectivity index (χ2n) is 8.02. The Morgan fingerprint density at radius 2 is 1.86 bits per heavy atom. The molecule has 2 aromatic heterocycles. The van der Waals surface area contributed by atoms with E-state index < -0.39 is 41.7 Å².